The van der Waals surface area contributed by atoms with Crippen molar-refractivity contribution in [3.63, 3.8) is 0 Å². The number of carbonyl (C=O) groups excluding carboxylic acids is 1. The Kier molecular flexibility index (Phi) is 5.50. The number of aromatic nitrogens is 1. The lowest BCUT2D eigenvalue weighted by Gasteiger charge is -2.07. The third-order valence-corrected chi connectivity index (χ3v) is 5.54. The third kappa shape index (κ3) is 5.00. The molecule has 0 bridgehead atoms. The van der Waals surface area contributed by atoms with E-state index in [1.807, 2.05) is 0 Å². The number of nitrogens with zero attached hydrogens (tertiary/aromatic N) is 2. The molecule has 12 heteroatoms. The maximum atomic E-state index is 12.5. The Balaban J connectivity index is 2.15. The van der Waals surface area contributed by atoms with Crippen LogP contribution in [0.1, 0.15) is 15.4 Å². The molecule has 1 N–H and O–H groups in total. The summed E-state index contributed by atoms with van der Waals surface area (Å²) in [7, 11) is -4.27. The molecular formula is C13H7BrF3N3O3S2. The quantitative estimate of drug-likeness (QED) is 0.766. The van der Waals surface area contributed by atoms with Crippen molar-refractivity contribution in [1.29, 1.82) is 5.26 Å². The number of hydrogen-bond acceptors (Lipinski definition) is 6. The highest BCUT2D eigenvalue weighted by Gasteiger charge is 2.34. The summed E-state index contributed by atoms with van der Waals surface area (Å²) < 4.78 is 63.8. The standard InChI is InChI=1S/C13H7BrF3N3O3S2/c14-8-1-7(5-18)2-10(3-8)25(22,23)20-11(21)4-9-6-19-12(24-9)13(15,16)17/h1-3,6H,4H2,(H,20,21). The fourth-order valence-corrected chi connectivity index (χ4v) is 4.18. The molecule has 25 heavy (non-hydrogen) atoms. The topological polar surface area (TPSA) is 99.9 Å². The van der Waals surface area contributed by atoms with Crippen LogP contribution in [0.15, 0.2) is 33.8 Å². The normalized spacial score (nSPS) is 11.8. The summed E-state index contributed by atoms with van der Waals surface area (Å²) in [5.74, 6) is -1.02. The van der Waals surface area contributed by atoms with Gasteiger partial charge in [0.25, 0.3) is 10.0 Å². The van der Waals surface area contributed by atoms with E-state index in [1.54, 1.807) is 10.8 Å². The molecule has 0 spiro atoms. The van der Waals surface area contributed by atoms with Gasteiger partial charge >= 0.3 is 6.18 Å². The molecular weight excluding hydrogens is 447 g/mol. The zero-order valence-electron chi connectivity index (χ0n) is 12.0. The molecule has 0 unspecified atom stereocenters. The van der Waals surface area contributed by atoms with Crippen molar-refractivity contribution >= 4 is 43.2 Å². The second-order valence-electron chi connectivity index (χ2n) is 4.62. The summed E-state index contributed by atoms with van der Waals surface area (Å²) in [6.07, 6.45) is -4.34. The van der Waals surface area contributed by atoms with Gasteiger partial charge in [-0.1, -0.05) is 15.9 Å². The number of alkyl halides is 3. The first-order valence-corrected chi connectivity index (χ1v) is 9.39. The van der Waals surface area contributed by atoms with E-state index in [2.05, 4.69) is 20.9 Å². The average Bonchev–Trinajstić information content (AvgIpc) is 2.94. The van der Waals surface area contributed by atoms with Crippen LogP contribution in [0.2, 0.25) is 0 Å². The Hall–Kier alpha value is -1.97. The Morgan fingerprint density at radius 2 is 2.04 bits per heavy atom. The zero-order valence-corrected chi connectivity index (χ0v) is 15.2. The lowest BCUT2D eigenvalue weighted by Crippen LogP contribution is -2.31. The highest BCUT2D eigenvalue weighted by atomic mass is 79.9. The minimum Gasteiger partial charge on any atom is -0.274 e. The molecule has 2 rings (SSSR count). The van der Waals surface area contributed by atoms with Crippen LogP contribution in [-0.2, 0) is 27.4 Å². The van der Waals surface area contributed by atoms with Gasteiger partial charge in [0.1, 0.15) is 0 Å². The van der Waals surface area contributed by atoms with Crippen molar-refractivity contribution in [2.75, 3.05) is 0 Å². The van der Waals surface area contributed by atoms with Crippen LogP contribution >= 0.6 is 27.3 Å². The van der Waals surface area contributed by atoms with Gasteiger partial charge in [-0.3, -0.25) is 4.79 Å². The molecule has 1 aromatic heterocycles. The summed E-state index contributed by atoms with van der Waals surface area (Å²) in [6.45, 7) is 0. The van der Waals surface area contributed by atoms with Crippen LogP contribution in [0.5, 0.6) is 0 Å². The van der Waals surface area contributed by atoms with Crippen LogP contribution in [-0.4, -0.2) is 19.3 Å². The summed E-state index contributed by atoms with van der Waals surface area (Å²) in [6, 6.07) is 5.41. The van der Waals surface area contributed by atoms with Crippen molar-refractivity contribution in [1.82, 2.24) is 9.71 Å². The van der Waals surface area contributed by atoms with Crippen molar-refractivity contribution in [2.24, 2.45) is 0 Å². The molecule has 6 nitrogen and oxygen atoms in total. The maximum absolute atomic E-state index is 12.5. The molecule has 1 aromatic carbocycles. The molecule has 1 amide bonds. The van der Waals surface area contributed by atoms with E-state index in [0.29, 0.717) is 4.47 Å². The predicted octanol–water partition coefficient (Wildman–Crippen LogP) is 2.84. The smallest absolute Gasteiger partial charge is 0.274 e. The molecule has 0 atom stereocenters. The Bertz CT molecular complexity index is 965. The second-order valence-corrected chi connectivity index (χ2v) is 8.34. The highest BCUT2D eigenvalue weighted by molar-refractivity contribution is 9.10. The number of rotatable bonds is 4. The number of amides is 1. The largest absolute Gasteiger partial charge is 0.443 e. The molecule has 0 fully saturated rings. The molecule has 0 radical (unpaired) electrons. The van der Waals surface area contributed by atoms with Crippen LogP contribution in [0.4, 0.5) is 13.2 Å². The minimum absolute atomic E-state index is 0.0352. The third-order valence-electron chi connectivity index (χ3n) is 2.69. The van der Waals surface area contributed by atoms with Gasteiger partial charge in [0, 0.05) is 15.5 Å². The molecule has 0 saturated heterocycles. The van der Waals surface area contributed by atoms with E-state index in [-0.39, 0.29) is 26.7 Å². The molecule has 1 heterocycles. The first-order valence-electron chi connectivity index (χ1n) is 6.29. The van der Waals surface area contributed by atoms with Crippen molar-refractivity contribution in [2.45, 2.75) is 17.5 Å². The van der Waals surface area contributed by atoms with Gasteiger partial charge in [0.15, 0.2) is 5.01 Å². The van der Waals surface area contributed by atoms with E-state index in [9.17, 15) is 26.4 Å². The van der Waals surface area contributed by atoms with E-state index < -0.39 is 33.5 Å². The summed E-state index contributed by atoms with van der Waals surface area (Å²) in [5.41, 5.74) is 0.0551. The molecule has 0 aliphatic rings. The molecule has 0 aliphatic carbocycles. The lowest BCUT2D eigenvalue weighted by molar-refractivity contribution is -0.137. The van der Waals surface area contributed by atoms with Crippen molar-refractivity contribution in [3.05, 3.63) is 44.3 Å². The van der Waals surface area contributed by atoms with E-state index in [1.165, 1.54) is 12.1 Å². The summed E-state index contributed by atoms with van der Waals surface area (Å²) in [5, 5.41) is 7.73. The lowest BCUT2D eigenvalue weighted by atomic mass is 10.2. The Labute approximate surface area is 152 Å². The predicted molar refractivity (Wildman–Crippen MR) is 85.0 cm³/mol. The molecule has 2 aromatic rings. The monoisotopic (exact) mass is 453 g/mol. The second kappa shape index (κ2) is 7.11. The number of carbonyl (C=O) groups is 1. The van der Waals surface area contributed by atoms with Crippen molar-refractivity contribution in [3.8, 4) is 6.07 Å². The van der Waals surface area contributed by atoms with E-state index in [4.69, 9.17) is 5.26 Å². The summed E-state index contributed by atoms with van der Waals surface area (Å²) in [4.78, 5) is 14.6. The van der Waals surface area contributed by atoms with Gasteiger partial charge in [-0.2, -0.15) is 18.4 Å². The molecule has 132 valence electrons. The number of halogens is 4. The highest BCUT2D eigenvalue weighted by Crippen LogP contribution is 2.32. The number of benzene rings is 1. The SMILES string of the molecule is N#Cc1cc(Br)cc(S(=O)(=O)NC(=O)Cc2cnc(C(F)(F)F)s2)c1. The fraction of sp³-hybridized carbons (Fsp3) is 0.154. The number of nitriles is 1. The van der Waals surface area contributed by atoms with E-state index >= 15 is 0 Å². The number of sulfonamides is 1. The number of nitrogens with one attached hydrogen (secondary N) is 1. The molecule has 0 aliphatic heterocycles. The van der Waals surface area contributed by atoms with Gasteiger partial charge in [-0.15, -0.1) is 11.3 Å². The van der Waals surface area contributed by atoms with Gasteiger partial charge in [-0.25, -0.2) is 18.1 Å². The van der Waals surface area contributed by atoms with Crippen LogP contribution in [0.25, 0.3) is 0 Å². The number of hydrogen-bond donors (Lipinski definition) is 1. The van der Waals surface area contributed by atoms with Gasteiger partial charge < -0.3 is 0 Å². The Morgan fingerprint density at radius 3 is 2.60 bits per heavy atom. The van der Waals surface area contributed by atoms with Gasteiger partial charge in [0.05, 0.1) is 22.9 Å². The van der Waals surface area contributed by atoms with E-state index in [0.717, 1.165) is 12.3 Å². The fourth-order valence-electron chi connectivity index (χ4n) is 1.71. The minimum atomic E-state index is -4.63. The van der Waals surface area contributed by atoms with Crippen molar-refractivity contribution < 1.29 is 26.4 Å². The first kappa shape index (κ1) is 19.4. The average molecular weight is 454 g/mol. The molecule has 0 saturated carbocycles. The van der Waals surface area contributed by atoms with Crippen LogP contribution < -0.4 is 4.72 Å². The summed E-state index contributed by atoms with van der Waals surface area (Å²) >= 11 is 3.30. The first-order chi connectivity index (χ1) is 11.5. The van der Waals surface area contributed by atoms with Crippen LogP contribution in [0, 0.1) is 11.3 Å². The van der Waals surface area contributed by atoms with Crippen LogP contribution in [0.3, 0.4) is 0 Å². The van der Waals surface area contributed by atoms with Gasteiger partial charge in [-0.05, 0) is 18.2 Å². The maximum Gasteiger partial charge on any atom is 0.443 e. The van der Waals surface area contributed by atoms with Gasteiger partial charge in [0.2, 0.25) is 5.91 Å². The zero-order chi connectivity index (χ0) is 18.8. The Morgan fingerprint density at radius 1 is 1.36 bits per heavy atom. The number of thiazole rings is 1.